The van der Waals surface area contributed by atoms with Gasteiger partial charge in [-0.3, -0.25) is 19.6 Å². The number of aromatic amines is 2. The molecule has 2 N–H and O–H groups in total. The van der Waals surface area contributed by atoms with Gasteiger partial charge in [0, 0.05) is 70.8 Å². The fourth-order valence-corrected chi connectivity index (χ4v) is 6.15. The minimum Gasteiger partial charge on any atom is -0.483 e. The zero-order valence-electron chi connectivity index (χ0n) is 26.4. The number of aliphatic imine (C=N–C) groups is 2. The van der Waals surface area contributed by atoms with Crippen molar-refractivity contribution >= 4 is 54.7 Å². The van der Waals surface area contributed by atoms with E-state index in [9.17, 15) is 9.59 Å². The number of nitrogens with one attached hydrogen (secondary N) is 2. The molecule has 9 heteroatoms. The van der Waals surface area contributed by atoms with E-state index in [-0.39, 0.29) is 23.7 Å². The number of carbonyl (C=O) groups is 2. The monoisotopic (exact) mass is 600 g/mol. The van der Waals surface area contributed by atoms with Gasteiger partial charge in [-0.2, -0.15) is 0 Å². The van der Waals surface area contributed by atoms with Gasteiger partial charge in [-0.05, 0) is 35.8 Å². The SMILES string of the molecule is CC(C)[C@@H](C)[C@H](N=Cc1c[nH]c2ccccc12)C(=O)O[Si](C)(C)OC(=O)[C@H](N=Cc1c[nH]c2ccccc12)[C@H](C)C(C)C. The Morgan fingerprint density at radius 1 is 0.674 bits per heavy atom. The maximum atomic E-state index is 13.6. The second kappa shape index (κ2) is 13.5. The van der Waals surface area contributed by atoms with Gasteiger partial charge in [0.1, 0.15) is 12.1 Å². The summed E-state index contributed by atoms with van der Waals surface area (Å²) in [5, 5.41) is 2.05. The quantitative estimate of drug-likeness (QED) is 0.131. The minimum absolute atomic E-state index is 0.0936. The highest BCUT2D eigenvalue weighted by Gasteiger charge is 2.40. The average molecular weight is 601 g/mol. The molecule has 228 valence electrons. The van der Waals surface area contributed by atoms with Gasteiger partial charge in [0.2, 0.25) is 0 Å². The Kier molecular flexibility index (Phi) is 10.1. The molecule has 0 amide bonds. The van der Waals surface area contributed by atoms with Gasteiger partial charge in [-0.15, -0.1) is 0 Å². The summed E-state index contributed by atoms with van der Waals surface area (Å²) in [5.41, 5.74) is 3.78. The van der Waals surface area contributed by atoms with E-state index in [0.717, 1.165) is 32.9 Å². The number of para-hydroxylation sites is 2. The van der Waals surface area contributed by atoms with Crippen LogP contribution in [0.3, 0.4) is 0 Å². The molecule has 0 aliphatic heterocycles. The third-order valence-corrected chi connectivity index (χ3v) is 9.65. The molecule has 2 aromatic carbocycles. The van der Waals surface area contributed by atoms with Crippen molar-refractivity contribution in [3.63, 3.8) is 0 Å². The first kappa shape index (κ1) is 31.9. The van der Waals surface area contributed by atoms with Crippen LogP contribution in [0.15, 0.2) is 70.9 Å². The summed E-state index contributed by atoms with van der Waals surface area (Å²) in [6.07, 6.45) is 7.21. The molecule has 0 bridgehead atoms. The van der Waals surface area contributed by atoms with E-state index < -0.39 is 32.6 Å². The number of nitrogens with zero attached hydrogens (tertiary/aromatic N) is 2. The van der Waals surface area contributed by atoms with Crippen molar-refractivity contribution in [1.29, 1.82) is 0 Å². The van der Waals surface area contributed by atoms with Crippen molar-refractivity contribution in [1.82, 2.24) is 9.97 Å². The molecule has 0 saturated heterocycles. The Morgan fingerprint density at radius 2 is 1.05 bits per heavy atom. The molecule has 0 fully saturated rings. The summed E-state index contributed by atoms with van der Waals surface area (Å²) in [6.45, 7) is 15.6. The average Bonchev–Trinajstić information content (AvgIpc) is 3.56. The summed E-state index contributed by atoms with van der Waals surface area (Å²) >= 11 is 0. The molecule has 0 spiro atoms. The maximum absolute atomic E-state index is 13.6. The Balaban J connectivity index is 1.52. The Morgan fingerprint density at radius 3 is 1.42 bits per heavy atom. The van der Waals surface area contributed by atoms with E-state index in [1.165, 1.54) is 0 Å². The molecule has 0 aliphatic rings. The lowest BCUT2D eigenvalue weighted by atomic mass is 9.91. The van der Waals surface area contributed by atoms with Gasteiger partial charge in [0.25, 0.3) is 0 Å². The zero-order valence-corrected chi connectivity index (χ0v) is 27.4. The molecule has 43 heavy (non-hydrogen) atoms. The predicted molar refractivity (Wildman–Crippen MR) is 177 cm³/mol. The molecule has 0 saturated carbocycles. The van der Waals surface area contributed by atoms with E-state index in [1.54, 1.807) is 25.5 Å². The van der Waals surface area contributed by atoms with Crippen LogP contribution >= 0.6 is 0 Å². The molecule has 4 rings (SSSR count). The molecule has 4 atom stereocenters. The Labute approximate surface area is 255 Å². The van der Waals surface area contributed by atoms with Crippen molar-refractivity contribution in [3.05, 3.63) is 72.1 Å². The smallest absolute Gasteiger partial charge is 0.457 e. The highest BCUT2D eigenvalue weighted by atomic mass is 28.4. The second-order valence-corrected chi connectivity index (χ2v) is 15.7. The number of hydrogen-bond acceptors (Lipinski definition) is 6. The molecular weight excluding hydrogens is 556 g/mol. The lowest BCUT2D eigenvalue weighted by Crippen LogP contribution is -2.46. The van der Waals surface area contributed by atoms with Crippen LogP contribution in [0, 0.1) is 23.7 Å². The summed E-state index contributed by atoms with van der Waals surface area (Å²) in [6, 6.07) is 14.4. The second-order valence-electron chi connectivity index (χ2n) is 12.5. The van der Waals surface area contributed by atoms with Crippen LogP contribution in [0.1, 0.15) is 52.7 Å². The molecule has 0 radical (unpaired) electrons. The first-order valence-corrected chi connectivity index (χ1v) is 17.8. The summed E-state index contributed by atoms with van der Waals surface area (Å²) in [7, 11) is -3.25. The van der Waals surface area contributed by atoms with Crippen LogP contribution in [-0.4, -0.2) is 55.0 Å². The Bertz CT molecular complexity index is 1500. The molecule has 0 aliphatic carbocycles. The lowest BCUT2D eigenvalue weighted by molar-refractivity contribution is -0.144. The van der Waals surface area contributed by atoms with E-state index >= 15 is 0 Å². The number of rotatable bonds is 12. The summed E-state index contributed by atoms with van der Waals surface area (Å²) < 4.78 is 12.0. The highest BCUT2D eigenvalue weighted by molar-refractivity contribution is 6.67. The van der Waals surface area contributed by atoms with Crippen molar-refractivity contribution in [3.8, 4) is 0 Å². The van der Waals surface area contributed by atoms with E-state index in [0.29, 0.717) is 0 Å². The van der Waals surface area contributed by atoms with Crippen LogP contribution in [-0.2, 0) is 18.4 Å². The maximum Gasteiger partial charge on any atom is 0.457 e. The number of H-pyrrole nitrogens is 2. The molecule has 4 aromatic rings. The minimum atomic E-state index is -3.25. The van der Waals surface area contributed by atoms with Gasteiger partial charge < -0.3 is 18.8 Å². The van der Waals surface area contributed by atoms with E-state index in [1.807, 2.05) is 74.8 Å². The zero-order chi connectivity index (χ0) is 31.3. The standard InChI is InChI=1S/C34H44N4O4Si/c1-21(2)23(5)31(37-19-25-17-35-29-15-11-9-13-27(25)29)33(39)41-43(7,8)42-34(40)32(24(6)22(3)4)38-20-26-18-36-30-16-12-10-14-28(26)30/h9-24,31-32,35-36H,1-8H3/t23-,24-,31-,32+/m1/s1. The van der Waals surface area contributed by atoms with Gasteiger partial charge in [-0.25, -0.2) is 0 Å². The van der Waals surface area contributed by atoms with Gasteiger partial charge in [-0.1, -0.05) is 77.9 Å². The van der Waals surface area contributed by atoms with Crippen molar-refractivity contribution in [2.75, 3.05) is 0 Å². The third kappa shape index (κ3) is 7.70. The molecular formula is C34H44N4O4Si. The fourth-order valence-electron chi connectivity index (χ4n) is 4.90. The topological polar surface area (TPSA) is 109 Å². The summed E-state index contributed by atoms with van der Waals surface area (Å²) in [5.74, 6) is -0.803. The van der Waals surface area contributed by atoms with Crippen molar-refractivity contribution in [2.24, 2.45) is 33.7 Å². The predicted octanol–water partition coefficient (Wildman–Crippen LogP) is 7.30. The largest absolute Gasteiger partial charge is 0.483 e. The molecule has 2 aromatic heterocycles. The molecule has 8 nitrogen and oxygen atoms in total. The molecule has 0 unspecified atom stereocenters. The number of benzene rings is 2. The number of fused-ring (bicyclic) bond motifs is 2. The van der Waals surface area contributed by atoms with Gasteiger partial charge in [0.15, 0.2) is 0 Å². The first-order chi connectivity index (χ1) is 20.4. The van der Waals surface area contributed by atoms with Gasteiger partial charge >= 0.3 is 20.5 Å². The van der Waals surface area contributed by atoms with E-state index in [2.05, 4.69) is 37.7 Å². The highest BCUT2D eigenvalue weighted by Crippen LogP contribution is 2.25. The van der Waals surface area contributed by atoms with E-state index in [4.69, 9.17) is 18.8 Å². The lowest BCUT2D eigenvalue weighted by Gasteiger charge is -2.30. The normalized spacial score (nSPS) is 15.5. The number of carbonyl (C=O) groups excluding carboxylic acids is 2. The first-order valence-electron chi connectivity index (χ1n) is 15.0. The number of aromatic nitrogens is 2. The van der Waals surface area contributed by atoms with Crippen LogP contribution in [0.2, 0.25) is 13.1 Å². The van der Waals surface area contributed by atoms with Gasteiger partial charge in [0.05, 0.1) is 0 Å². The third-order valence-electron chi connectivity index (χ3n) is 8.27. The van der Waals surface area contributed by atoms with Crippen molar-refractivity contribution in [2.45, 2.75) is 66.7 Å². The summed E-state index contributed by atoms with van der Waals surface area (Å²) in [4.78, 5) is 43.1. The van der Waals surface area contributed by atoms with Crippen LogP contribution in [0.5, 0.6) is 0 Å². The molecule has 2 heterocycles. The van der Waals surface area contributed by atoms with Crippen LogP contribution < -0.4 is 0 Å². The van der Waals surface area contributed by atoms with Crippen LogP contribution in [0.4, 0.5) is 0 Å². The van der Waals surface area contributed by atoms with Crippen molar-refractivity contribution < 1.29 is 18.4 Å². The van der Waals surface area contributed by atoms with Crippen LogP contribution in [0.25, 0.3) is 21.8 Å². The fraction of sp³-hybridized carbons (Fsp3) is 0.412. The Hall–Kier alpha value is -3.98. The number of hydrogen-bond donors (Lipinski definition) is 2.